The van der Waals surface area contributed by atoms with Crippen LogP contribution in [0.5, 0.6) is 0 Å². The summed E-state index contributed by atoms with van der Waals surface area (Å²) in [5.74, 6) is -0.706. The van der Waals surface area contributed by atoms with Crippen molar-refractivity contribution in [3.8, 4) is 0 Å². The lowest BCUT2D eigenvalue weighted by molar-refractivity contribution is -0.127. The quantitative estimate of drug-likeness (QED) is 0.729. The van der Waals surface area contributed by atoms with Gasteiger partial charge in [0.05, 0.1) is 6.54 Å². The van der Waals surface area contributed by atoms with Crippen molar-refractivity contribution in [3.63, 3.8) is 0 Å². The highest BCUT2D eigenvalue weighted by atomic mass is 16.6. The summed E-state index contributed by atoms with van der Waals surface area (Å²) in [6.45, 7) is 5.10. The number of amides is 3. The third-order valence-electron chi connectivity index (χ3n) is 3.42. The molecule has 0 saturated heterocycles. The summed E-state index contributed by atoms with van der Waals surface area (Å²) in [4.78, 5) is 36.3. The summed E-state index contributed by atoms with van der Waals surface area (Å²) >= 11 is 0. The lowest BCUT2D eigenvalue weighted by Crippen LogP contribution is -2.45. The van der Waals surface area contributed by atoms with Crippen molar-refractivity contribution in [3.05, 3.63) is 35.9 Å². The third-order valence-corrected chi connectivity index (χ3v) is 3.42. The molecule has 1 fully saturated rings. The SMILES string of the molecule is CC(C)(C)OC(=O)NC(C(=O)NCC(=O)NC1CC1)c1ccccc1. The van der Waals surface area contributed by atoms with Gasteiger partial charge in [-0.2, -0.15) is 0 Å². The van der Waals surface area contributed by atoms with Gasteiger partial charge in [-0.1, -0.05) is 30.3 Å². The molecular formula is C18H25N3O4. The van der Waals surface area contributed by atoms with E-state index in [9.17, 15) is 14.4 Å². The number of hydrogen-bond donors (Lipinski definition) is 3. The van der Waals surface area contributed by atoms with Crippen LogP contribution in [0, 0.1) is 0 Å². The van der Waals surface area contributed by atoms with Crippen LogP contribution >= 0.6 is 0 Å². The summed E-state index contributed by atoms with van der Waals surface area (Å²) in [5.41, 5.74) is -0.0696. The summed E-state index contributed by atoms with van der Waals surface area (Å²) in [5, 5.41) is 7.92. The largest absolute Gasteiger partial charge is 0.444 e. The summed E-state index contributed by atoms with van der Waals surface area (Å²) < 4.78 is 5.22. The Balaban J connectivity index is 1.99. The van der Waals surface area contributed by atoms with Gasteiger partial charge in [0.25, 0.3) is 0 Å². The molecule has 0 aliphatic heterocycles. The maximum absolute atomic E-state index is 12.5. The van der Waals surface area contributed by atoms with E-state index in [0.29, 0.717) is 5.56 Å². The molecule has 0 radical (unpaired) electrons. The molecule has 0 aromatic heterocycles. The molecule has 1 saturated carbocycles. The van der Waals surface area contributed by atoms with E-state index in [4.69, 9.17) is 4.74 Å². The fourth-order valence-corrected chi connectivity index (χ4v) is 2.15. The molecule has 3 amide bonds. The molecule has 2 rings (SSSR count). The zero-order chi connectivity index (χ0) is 18.4. The average Bonchev–Trinajstić information content (AvgIpc) is 3.33. The van der Waals surface area contributed by atoms with Gasteiger partial charge in [0.1, 0.15) is 11.6 Å². The Bertz CT molecular complexity index is 621. The van der Waals surface area contributed by atoms with Crippen molar-refractivity contribution < 1.29 is 19.1 Å². The van der Waals surface area contributed by atoms with Crippen LogP contribution in [0.1, 0.15) is 45.2 Å². The van der Waals surface area contributed by atoms with Gasteiger partial charge < -0.3 is 20.7 Å². The van der Waals surface area contributed by atoms with Crippen LogP contribution < -0.4 is 16.0 Å². The topological polar surface area (TPSA) is 96.5 Å². The molecule has 3 N–H and O–H groups in total. The molecular weight excluding hydrogens is 322 g/mol. The van der Waals surface area contributed by atoms with E-state index in [2.05, 4.69) is 16.0 Å². The van der Waals surface area contributed by atoms with Gasteiger partial charge in [0, 0.05) is 6.04 Å². The van der Waals surface area contributed by atoms with E-state index < -0.39 is 23.6 Å². The van der Waals surface area contributed by atoms with Gasteiger partial charge in [-0.3, -0.25) is 9.59 Å². The predicted molar refractivity (Wildman–Crippen MR) is 92.7 cm³/mol. The molecule has 25 heavy (non-hydrogen) atoms. The molecule has 1 aliphatic carbocycles. The average molecular weight is 347 g/mol. The molecule has 136 valence electrons. The number of ether oxygens (including phenoxy) is 1. The second-order valence-electron chi connectivity index (χ2n) is 7.05. The first kappa shape index (κ1) is 18.8. The van der Waals surface area contributed by atoms with E-state index in [1.165, 1.54) is 0 Å². The zero-order valence-electron chi connectivity index (χ0n) is 14.8. The van der Waals surface area contributed by atoms with E-state index in [1.54, 1.807) is 45.0 Å². The molecule has 1 atom stereocenters. The van der Waals surface area contributed by atoms with E-state index in [1.807, 2.05) is 6.07 Å². The van der Waals surface area contributed by atoms with Crippen molar-refractivity contribution in [1.29, 1.82) is 0 Å². The maximum atomic E-state index is 12.5. The Morgan fingerprint density at radius 2 is 1.80 bits per heavy atom. The van der Waals surface area contributed by atoms with Crippen LogP contribution in [0.2, 0.25) is 0 Å². The van der Waals surface area contributed by atoms with Crippen LogP contribution in [-0.4, -0.2) is 36.1 Å². The number of rotatable bonds is 6. The van der Waals surface area contributed by atoms with Crippen LogP contribution in [-0.2, 0) is 14.3 Å². The summed E-state index contributed by atoms with van der Waals surface area (Å²) in [6.07, 6.45) is 1.26. The first-order valence-corrected chi connectivity index (χ1v) is 8.36. The molecule has 1 unspecified atom stereocenters. The van der Waals surface area contributed by atoms with E-state index >= 15 is 0 Å². The number of carbonyl (C=O) groups excluding carboxylic acids is 3. The van der Waals surface area contributed by atoms with Gasteiger partial charge in [0.2, 0.25) is 11.8 Å². The van der Waals surface area contributed by atoms with Crippen molar-refractivity contribution in [2.24, 2.45) is 0 Å². The van der Waals surface area contributed by atoms with Gasteiger partial charge in [0.15, 0.2) is 0 Å². The highest BCUT2D eigenvalue weighted by Crippen LogP contribution is 2.18. The minimum Gasteiger partial charge on any atom is -0.444 e. The van der Waals surface area contributed by atoms with Crippen molar-refractivity contribution in [2.75, 3.05) is 6.54 Å². The second kappa shape index (κ2) is 8.00. The number of hydrogen-bond acceptors (Lipinski definition) is 4. The fourth-order valence-electron chi connectivity index (χ4n) is 2.15. The second-order valence-corrected chi connectivity index (χ2v) is 7.05. The first-order valence-electron chi connectivity index (χ1n) is 8.36. The van der Waals surface area contributed by atoms with E-state index in [0.717, 1.165) is 12.8 Å². The first-order chi connectivity index (χ1) is 11.7. The minimum absolute atomic E-state index is 0.130. The highest BCUT2D eigenvalue weighted by Gasteiger charge is 2.27. The standard InChI is InChI=1S/C18H25N3O4/c1-18(2,3)25-17(24)21-15(12-7-5-4-6-8-12)16(23)19-11-14(22)20-13-9-10-13/h4-8,13,15H,9-11H2,1-3H3,(H,19,23)(H,20,22)(H,21,24). The normalized spacial score (nSPS) is 15.0. The predicted octanol–water partition coefficient (Wildman–Crippen LogP) is 1.65. The van der Waals surface area contributed by atoms with Crippen LogP contribution in [0.15, 0.2) is 30.3 Å². The van der Waals surface area contributed by atoms with E-state index in [-0.39, 0.29) is 18.5 Å². The maximum Gasteiger partial charge on any atom is 0.408 e. The van der Waals surface area contributed by atoms with Gasteiger partial charge in [-0.05, 0) is 39.2 Å². The molecule has 1 aromatic rings. The smallest absolute Gasteiger partial charge is 0.408 e. The lowest BCUT2D eigenvalue weighted by atomic mass is 10.1. The number of nitrogens with one attached hydrogen (secondary N) is 3. The fraction of sp³-hybridized carbons (Fsp3) is 0.500. The zero-order valence-corrected chi connectivity index (χ0v) is 14.8. The lowest BCUT2D eigenvalue weighted by Gasteiger charge is -2.23. The van der Waals surface area contributed by atoms with Gasteiger partial charge in [-0.25, -0.2) is 4.79 Å². The Morgan fingerprint density at radius 3 is 2.36 bits per heavy atom. The number of alkyl carbamates (subject to hydrolysis) is 1. The summed E-state index contributed by atoms with van der Waals surface area (Å²) in [6, 6.07) is 8.10. The summed E-state index contributed by atoms with van der Waals surface area (Å²) in [7, 11) is 0. The van der Waals surface area contributed by atoms with Crippen molar-refractivity contribution in [2.45, 2.75) is 51.3 Å². The molecule has 7 nitrogen and oxygen atoms in total. The van der Waals surface area contributed by atoms with Crippen LogP contribution in [0.25, 0.3) is 0 Å². The number of carbonyl (C=O) groups is 3. The third kappa shape index (κ3) is 6.82. The Morgan fingerprint density at radius 1 is 1.16 bits per heavy atom. The van der Waals surface area contributed by atoms with Crippen molar-refractivity contribution in [1.82, 2.24) is 16.0 Å². The number of benzene rings is 1. The molecule has 0 spiro atoms. The van der Waals surface area contributed by atoms with Gasteiger partial charge in [-0.15, -0.1) is 0 Å². The molecule has 0 bridgehead atoms. The molecule has 1 aliphatic rings. The van der Waals surface area contributed by atoms with Gasteiger partial charge >= 0.3 is 6.09 Å². The molecule has 0 heterocycles. The van der Waals surface area contributed by atoms with Crippen LogP contribution in [0.4, 0.5) is 4.79 Å². The minimum atomic E-state index is -0.940. The van der Waals surface area contributed by atoms with Crippen LogP contribution in [0.3, 0.4) is 0 Å². The highest BCUT2D eigenvalue weighted by molar-refractivity contribution is 5.90. The molecule has 7 heteroatoms. The Hall–Kier alpha value is -2.57. The molecule has 1 aromatic carbocycles. The monoisotopic (exact) mass is 347 g/mol. The van der Waals surface area contributed by atoms with Crippen molar-refractivity contribution >= 4 is 17.9 Å². The Kier molecular flexibility index (Phi) is 6.01. The Labute approximate surface area is 147 Å².